The van der Waals surface area contributed by atoms with E-state index in [-0.39, 0.29) is 5.78 Å². The molecule has 0 aromatic heterocycles. The van der Waals surface area contributed by atoms with E-state index in [1.165, 1.54) is 0 Å². The van der Waals surface area contributed by atoms with Crippen molar-refractivity contribution in [3.63, 3.8) is 0 Å². The third kappa shape index (κ3) is 3.10. The van der Waals surface area contributed by atoms with Crippen LogP contribution in [0.2, 0.25) is 0 Å². The van der Waals surface area contributed by atoms with Crippen LogP contribution in [-0.2, 0) is 12.5 Å². The molecule has 0 atom stereocenters. The summed E-state index contributed by atoms with van der Waals surface area (Å²) in [6.45, 7) is 4.09. The first-order chi connectivity index (χ1) is 11.1. The summed E-state index contributed by atoms with van der Waals surface area (Å²) in [6.07, 6.45) is 0. The van der Waals surface area contributed by atoms with E-state index in [1.807, 2.05) is 44.2 Å². The number of carbonyl (C=O) groups is 1. The summed E-state index contributed by atoms with van der Waals surface area (Å²) in [6, 6.07) is 13.3. The SMILES string of the molecule is CC(C)=C1Oc2cccc(OCc3cccc(CCl)c3)c2C1=O. The van der Waals surface area contributed by atoms with Crippen LogP contribution in [0.1, 0.15) is 35.3 Å². The van der Waals surface area contributed by atoms with Gasteiger partial charge in [-0.15, -0.1) is 11.6 Å². The van der Waals surface area contributed by atoms with Crippen LogP contribution in [0.5, 0.6) is 11.5 Å². The molecule has 0 saturated heterocycles. The van der Waals surface area contributed by atoms with Crippen molar-refractivity contribution in [2.45, 2.75) is 26.3 Å². The normalized spacial score (nSPS) is 12.8. The zero-order valence-corrected chi connectivity index (χ0v) is 13.8. The Kier molecular flexibility index (Phi) is 4.39. The maximum Gasteiger partial charge on any atom is 0.235 e. The summed E-state index contributed by atoms with van der Waals surface area (Å²) >= 11 is 5.85. The van der Waals surface area contributed by atoms with Gasteiger partial charge in [0.1, 0.15) is 23.7 Å². The van der Waals surface area contributed by atoms with E-state index in [2.05, 4.69) is 0 Å². The number of benzene rings is 2. The Morgan fingerprint density at radius 1 is 1.13 bits per heavy atom. The molecule has 0 aliphatic carbocycles. The van der Waals surface area contributed by atoms with Crippen molar-refractivity contribution in [1.82, 2.24) is 0 Å². The van der Waals surface area contributed by atoms with Crippen LogP contribution in [0.3, 0.4) is 0 Å². The summed E-state index contributed by atoms with van der Waals surface area (Å²) in [5.74, 6) is 1.83. The van der Waals surface area contributed by atoms with Gasteiger partial charge in [-0.2, -0.15) is 0 Å². The summed E-state index contributed by atoms with van der Waals surface area (Å²) in [7, 11) is 0. The van der Waals surface area contributed by atoms with Crippen LogP contribution in [0.25, 0.3) is 0 Å². The average Bonchev–Trinajstić information content (AvgIpc) is 2.91. The van der Waals surface area contributed by atoms with Crippen molar-refractivity contribution in [2.75, 3.05) is 0 Å². The molecule has 0 N–H and O–H groups in total. The molecular formula is C19H17ClO3. The van der Waals surface area contributed by atoms with Gasteiger partial charge >= 0.3 is 0 Å². The summed E-state index contributed by atoms with van der Waals surface area (Å²) in [4.78, 5) is 12.5. The van der Waals surface area contributed by atoms with Gasteiger partial charge in [-0.25, -0.2) is 0 Å². The first kappa shape index (κ1) is 15.6. The Hall–Kier alpha value is -2.26. The number of ketones is 1. The van der Waals surface area contributed by atoms with E-state index in [9.17, 15) is 4.79 Å². The summed E-state index contributed by atoms with van der Waals surface area (Å²) in [5.41, 5.74) is 3.40. The molecule has 0 radical (unpaired) electrons. The van der Waals surface area contributed by atoms with Crippen LogP contribution in [0.4, 0.5) is 0 Å². The topological polar surface area (TPSA) is 35.5 Å². The van der Waals surface area contributed by atoms with Crippen LogP contribution < -0.4 is 9.47 Å². The number of rotatable bonds is 4. The van der Waals surface area contributed by atoms with Gasteiger partial charge in [0.15, 0.2) is 5.76 Å². The van der Waals surface area contributed by atoms with Gasteiger partial charge in [0, 0.05) is 5.88 Å². The predicted octanol–water partition coefficient (Wildman–Crippen LogP) is 4.87. The minimum atomic E-state index is -0.120. The van der Waals surface area contributed by atoms with Crippen molar-refractivity contribution >= 4 is 17.4 Å². The number of Topliss-reactive ketones (excluding diaryl/α,β-unsaturated/α-hetero) is 1. The van der Waals surface area contributed by atoms with Crippen molar-refractivity contribution in [3.8, 4) is 11.5 Å². The molecule has 2 aromatic carbocycles. The zero-order valence-electron chi connectivity index (χ0n) is 13.1. The van der Waals surface area contributed by atoms with Gasteiger partial charge < -0.3 is 9.47 Å². The number of ether oxygens (including phenoxy) is 2. The highest BCUT2D eigenvalue weighted by molar-refractivity contribution is 6.17. The smallest absolute Gasteiger partial charge is 0.235 e. The molecule has 0 saturated carbocycles. The molecule has 0 bridgehead atoms. The zero-order chi connectivity index (χ0) is 16.4. The van der Waals surface area contributed by atoms with Gasteiger partial charge in [0.25, 0.3) is 0 Å². The number of carbonyl (C=O) groups excluding carboxylic acids is 1. The Balaban J connectivity index is 1.85. The molecule has 2 aromatic rings. The van der Waals surface area contributed by atoms with Crippen LogP contribution in [-0.4, -0.2) is 5.78 Å². The molecule has 4 heteroatoms. The lowest BCUT2D eigenvalue weighted by molar-refractivity contribution is 0.101. The lowest BCUT2D eigenvalue weighted by Crippen LogP contribution is -2.03. The van der Waals surface area contributed by atoms with Crippen molar-refractivity contribution < 1.29 is 14.3 Å². The van der Waals surface area contributed by atoms with Crippen molar-refractivity contribution in [3.05, 3.63) is 70.5 Å². The van der Waals surface area contributed by atoms with E-state index in [0.717, 1.165) is 16.7 Å². The highest BCUT2D eigenvalue weighted by Crippen LogP contribution is 2.38. The highest BCUT2D eigenvalue weighted by atomic mass is 35.5. The molecule has 3 rings (SSSR count). The number of hydrogen-bond acceptors (Lipinski definition) is 3. The Morgan fingerprint density at radius 2 is 1.87 bits per heavy atom. The fraction of sp³-hybridized carbons (Fsp3) is 0.211. The van der Waals surface area contributed by atoms with Gasteiger partial charge in [0.05, 0.1) is 0 Å². The second-order valence-corrected chi connectivity index (χ2v) is 5.90. The monoisotopic (exact) mass is 328 g/mol. The van der Waals surface area contributed by atoms with Gasteiger partial charge in [-0.1, -0.05) is 30.3 Å². The second kappa shape index (κ2) is 6.47. The molecule has 0 spiro atoms. The van der Waals surface area contributed by atoms with Crippen LogP contribution >= 0.6 is 11.6 Å². The Morgan fingerprint density at radius 3 is 2.61 bits per heavy atom. The standard InChI is InChI=1S/C19H17ClO3/c1-12(2)19-18(21)17-15(7-4-8-16(17)23-19)22-11-14-6-3-5-13(9-14)10-20/h3-9H,10-11H2,1-2H3. The van der Waals surface area contributed by atoms with Crippen molar-refractivity contribution in [1.29, 1.82) is 0 Å². The number of fused-ring (bicyclic) bond motifs is 1. The average molecular weight is 329 g/mol. The summed E-state index contributed by atoms with van der Waals surface area (Å²) < 4.78 is 11.5. The molecule has 3 nitrogen and oxygen atoms in total. The van der Waals surface area contributed by atoms with E-state index in [0.29, 0.717) is 35.3 Å². The van der Waals surface area contributed by atoms with Gasteiger partial charge in [0.2, 0.25) is 5.78 Å². The molecule has 0 amide bonds. The maximum absolute atomic E-state index is 12.5. The number of halogens is 1. The number of alkyl halides is 1. The van der Waals surface area contributed by atoms with E-state index in [4.69, 9.17) is 21.1 Å². The first-order valence-electron chi connectivity index (χ1n) is 7.39. The Bertz CT molecular complexity index is 789. The molecule has 1 aliphatic rings. The molecule has 0 unspecified atom stereocenters. The second-order valence-electron chi connectivity index (χ2n) is 5.63. The minimum absolute atomic E-state index is 0.120. The lowest BCUT2D eigenvalue weighted by atomic mass is 10.1. The van der Waals surface area contributed by atoms with Crippen molar-refractivity contribution in [2.24, 2.45) is 0 Å². The molecule has 118 valence electrons. The van der Waals surface area contributed by atoms with Crippen LogP contribution in [0.15, 0.2) is 53.8 Å². The first-order valence-corrected chi connectivity index (χ1v) is 7.93. The minimum Gasteiger partial charge on any atom is -0.488 e. The van der Waals surface area contributed by atoms with E-state index >= 15 is 0 Å². The molecule has 1 heterocycles. The lowest BCUT2D eigenvalue weighted by Gasteiger charge is -2.09. The number of hydrogen-bond donors (Lipinski definition) is 0. The largest absolute Gasteiger partial charge is 0.488 e. The van der Waals surface area contributed by atoms with E-state index < -0.39 is 0 Å². The third-order valence-electron chi connectivity index (χ3n) is 3.63. The maximum atomic E-state index is 12.5. The molecule has 0 fully saturated rings. The van der Waals surface area contributed by atoms with E-state index in [1.54, 1.807) is 12.1 Å². The predicted molar refractivity (Wildman–Crippen MR) is 90.1 cm³/mol. The van der Waals surface area contributed by atoms with Gasteiger partial charge in [-0.3, -0.25) is 4.79 Å². The fourth-order valence-electron chi connectivity index (χ4n) is 2.50. The quantitative estimate of drug-likeness (QED) is 0.593. The summed E-state index contributed by atoms with van der Waals surface area (Å²) in [5, 5.41) is 0. The third-order valence-corrected chi connectivity index (χ3v) is 3.94. The van der Waals surface area contributed by atoms with Gasteiger partial charge in [-0.05, 0) is 42.7 Å². The van der Waals surface area contributed by atoms with Crippen LogP contribution in [0, 0.1) is 0 Å². The fourth-order valence-corrected chi connectivity index (χ4v) is 2.67. The highest BCUT2D eigenvalue weighted by Gasteiger charge is 2.31. The molecular weight excluding hydrogens is 312 g/mol. The Labute approximate surface area is 140 Å². The number of allylic oxidation sites excluding steroid dienone is 2. The molecule has 1 aliphatic heterocycles. The molecule has 23 heavy (non-hydrogen) atoms.